The predicted molar refractivity (Wildman–Crippen MR) is 85.2 cm³/mol. The third-order valence-corrected chi connectivity index (χ3v) is 4.78. The number of hydrogen-bond donors (Lipinski definition) is 2. The quantitative estimate of drug-likeness (QED) is 0.811. The van der Waals surface area contributed by atoms with E-state index in [1.807, 2.05) is 0 Å². The summed E-state index contributed by atoms with van der Waals surface area (Å²) in [5.41, 5.74) is 0.507. The lowest BCUT2D eigenvalue weighted by Gasteiger charge is -2.10. The van der Waals surface area contributed by atoms with Crippen LogP contribution in [0.15, 0.2) is 59.5 Å². The second kappa shape index (κ2) is 6.01. The van der Waals surface area contributed by atoms with Crippen molar-refractivity contribution >= 4 is 31.0 Å². The second-order valence-corrected chi connectivity index (χ2v) is 7.57. The van der Waals surface area contributed by atoms with Gasteiger partial charge in [0, 0.05) is 5.56 Å². The third kappa shape index (κ3) is 3.80. The molecule has 2 aromatic carbocycles. The standard InChI is InChI=1S/C14H14N2O4S2/c15-21(17,18)13-9-5-4-8-12(13)14(22(16,19)20)10-11-6-2-1-3-7-11/h1-10H,(H2,15,17,18)(H2,16,19,20). The minimum absolute atomic E-state index is 0.0589. The first-order valence-corrected chi connectivity index (χ1v) is 9.20. The third-order valence-electron chi connectivity index (χ3n) is 2.86. The lowest BCUT2D eigenvalue weighted by molar-refractivity contribution is 0.597. The Kier molecular flexibility index (Phi) is 4.47. The average Bonchev–Trinajstić information content (AvgIpc) is 2.44. The van der Waals surface area contributed by atoms with Gasteiger partial charge in [0.1, 0.15) is 0 Å². The van der Waals surface area contributed by atoms with Crippen molar-refractivity contribution in [3.05, 3.63) is 65.7 Å². The number of nitrogens with two attached hydrogens (primary N) is 2. The van der Waals surface area contributed by atoms with Crippen molar-refractivity contribution in [2.75, 3.05) is 0 Å². The molecule has 116 valence electrons. The van der Waals surface area contributed by atoms with E-state index in [9.17, 15) is 16.8 Å². The topological polar surface area (TPSA) is 120 Å². The Morgan fingerprint density at radius 1 is 0.818 bits per heavy atom. The summed E-state index contributed by atoms with van der Waals surface area (Å²) in [5, 5.41) is 10.4. The molecule has 0 aliphatic heterocycles. The van der Waals surface area contributed by atoms with E-state index in [2.05, 4.69) is 0 Å². The maximum absolute atomic E-state index is 11.9. The minimum atomic E-state index is -4.16. The van der Waals surface area contributed by atoms with E-state index in [1.165, 1.54) is 30.3 Å². The minimum Gasteiger partial charge on any atom is -0.225 e. The fraction of sp³-hybridized carbons (Fsp3) is 0. The molecular weight excluding hydrogens is 324 g/mol. The average molecular weight is 338 g/mol. The molecule has 0 unspecified atom stereocenters. The molecule has 0 aliphatic carbocycles. The Hall–Kier alpha value is -2.00. The molecular formula is C14H14N2O4S2. The van der Waals surface area contributed by atoms with E-state index in [4.69, 9.17) is 10.3 Å². The summed E-state index contributed by atoms with van der Waals surface area (Å²) in [6, 6.07) is 14.1. The fourth-order valence-corrected chi connectivity index (χ4v) is 3.53. The summed E-state index contributed by atoms with van der Waals surface area (Å²) < 4.78 is 47.1. The molecule has 0 aliphatic rings. The molecule has 0 radical (unpaired) electrons. The molecule has 4 N–H and O–H groups in total. The summed E-state index contributed by atoms with van der Waals surface area (Å²) in [5.74, 6) is 0. The van der Waals surface area contributed by atoms with Crippen molar-refractivity contribution in [2.24, 2.45) is 10.3 Å². The summed E-state index contributed by atoms with van der Waals surface area (Å²) in [4.78, 5) is -0.616. The Morgan fingerprint density at radius 2 is 1.36 bits per heavy atom. The number of benzene rings is 2. The van der Waals surface area contributed by atoms with Crippen molar-refractivity contribution in [3.8, 4) is 0 Å². The largest absolute Gasteiger partial charge is 0.238 e. The molecule has 0 saturated carbocycles. The molecule has 2 rings (SSSR count). The lowest BCUT2D eigenvalue weighted by Crippen LogP contribution is -2.19. The summed E-state index contributed by atoms with van der Waals surface area (Å²) >= 11 is 0. The zero-order valence-electron chi connectivity index (χ0n) is 11.4. The van der Waals surface area contributed by atoms with Gasteiger partial charge in [0.2, 0.25) is 20.0 Å². The molecule has 0 aromatic heterocycles. The highest BCUT2D eigenvalue weighted by atomic mass is 32.2. The Bertz CT molecular complexity index is 918. The first-order chi connectivity index (χ1) is 10.2. The first kappa shape index (κ1) is 16.4. The first-order valence-electron chi connectivity index (χ1n) is 6.11. The van der Waals surface area contributed by atoms with E-state index >= 15 is 0 Å². The van der Waals surface area contributed by atoms with Crippen LogP contribution in [0.25, 0.3) is 11.0 Å². The fourth-order valence-electron chi connectivity index (χ4n) is 1.93. The van der Waals surface area contributed by atoms with Crippen LogP contribution in [0.4, 0.5) is 0 Å². The lowest BCUT2D eigenvalue weighted by atomic mass is 10.1. The molecule has 0 bridgehead atoms. The molecule has 0 amide bonds. The van der Waals surface area contributed by atoms with E-state index < -0.39 is 20.0 Å². The van der Waals surface area contributed by atoms with E-state index in [0.717, 1.165) is 0 Å². The molecule has 0 atom stereocenters. The number of sulfonamides is 2. The number of primary sulfonamides is 2. The van der Waals surface area contributed by atoms with Crippen molar-refractivity contribution in [1.82, 2.24) is 0 Å². The van der Waals surface area contributed by atoms with Crippen LogP contribution < -0.4 is 10.3 Å². The monoisotopic (exact) mass is 338 g/mol. The maximum Gasteiger partial charge on any atom is 0.238 e. The van der Waals surface area contributed by atoms with Crippen LogP contribution in [-0.4, -0.2) is 16.8 Å². The smallest absolute Gasteiger partial charge is 0.225 e. The highest BCUT2D eigenvalue weighted by Crippen LogP contribution is 2.27. The Balaban J connectivity index is 2.77. The highest BCUT2D eigenvalue weighted by Gasteiger charge is 2.22. The summed E-state index contributed by atoms with van der Waals surface area (Å²) in [6.07, 6.45) is 1.30. The van der Waals surface area contributed by atoms with Gasteiger partial charge in [0.05, 0.1) is 9.80 Å². The highest BCUT2D eigenvalue weighted by molar-refractivity contribution is 7.98. The molecule has 0 heterocycles. The molecule has 0 spiro atoms. The van der Waals surface area contributed by atoms with Gasteiger partial charge in [0.25, 0.3) is 0 Å². The van der Waals surface area contributed by atoms with Gasteiger partial charge in [-0.3, -0.25) is 0 Å². The van der Waals surface area contributed by atoms with Crippen LogP contribution in [0, 0.1) is 0 Å². The van der Waals surface area contributed by atoms with Crippen molar-refractivity contribution in [1.29, 1.82) is 0 Å². The van der Waals surface area contributed by atoms with Gasteiger partial charge in [-0.15, -0.1) is 0 Å². The summed E-state index contributed by atoms with van der Waals surface area (Å²) in [7, 11) is -8.25. The SMILES string of the molecule is NS(=O)(=O)C(=Cc1ccccc1)c1ccccc1S(N)(=O)=O. The Morgan fingerprint density at radius 3 is 1.91 bits per heavy atom. The van der Waals surface area contributed by atoms with Gasteiger partial charge in [-0.1, -0.05) is 48.5 Å². The van der Waals surface area contributed by atoms with Gasteiger partial charge in [-0.05, 0) is 17.7 Å². The van der Waals surface area contributed by atoms with E-state index in [0.29, 0.717) is 5.56 Å². The molecule has 2 aromatic rings. The van der Waals surface area contributed by atoms with Crippen LogP contribution >= 0.6 is 0 Å². The van der Waals surface area contributed by atoms with Crippen LogP contribution in [-0.2, 0) is 20.0 Å². The van der Waals surface area contributed by atoms with Crippen molar-refractivity contribution in [2.45, 2.75) is 4.90 Å². The van der Waals surface area contributed by atoms with Gasteiger partial charge < -0.3 is 0 Å². The summed E-state index contributed by atoms with van der Waals surface area (Å²) in [6.45, 7) is 0. The predicted octanol–water partition coefficient (Wildman–Crippen LogP) is 1.12. The van der Waals surface area contributed by atoms with Crippen molar-refractivity contribution < 1.29 is 16.8 Å². The van der Waals surface area contributed by atoms with Gasteiger partial charge in [0.15, 0.2) is 0 Å². The number of hydrogen-bond acceptors (Lipinski definition) is 4. The van der Waals surface area contributed by atoms with Crippen LogP contribution in [0.1, 0.15) is 11.1 Å². The number of rotatable bonds is 4. The molecule has 6 nitrogen and oxygen atoms in total. The van der Waals surface area contributed by atoms with E-state index in [1.54, 1.807) is 30.3 Å². The zero-order valence-corrected chi connectivity index (χ0v) is 13.0. The van der Waals surface area contributed by atoms with Gasteiger partial charge in [-0.2, -0.15) is 0 Å². The Labute approximate surface area is 129 Å². The second-order valence-electron chi connectivity index (χ2n) is 4.51. The normalized spacial score (nSPS) is 13.1. The molecule has 0 fully saturated rings. The zero-order chi connectivity index (χ0) is 16.4. The van der Waals surface area contributed by atoms with Gasteiger partial charge in [-0.25, -0.2) is 27.1 Å². The van der Waals surface area contributed by atoms with Crippen LogP contribution in [0.3, 0.4) is 0 Å². The van der Waals surface area contributed by atoms with Crippen LogP contribution in [0.5, 0.6) is 0 Å². The molecule has 22 heavy (non-hydrogen) atoms. The van der Waals surface area contributed by atoms with Crippen molar-refractivity contribution in [3.63, 3.8) is 0 Å². The molecule has 8 heteroatoms. The van der Waals surface area contributed by atoms with E-state index in [-0.39, 0.29) is 15.4 Å². The van der Waals surface area contributed by atoms with Gasteiger partial charge >= 0.3 is 0 Å². The maximum atomic E-state index is 11.9. The van der Waals surface area contributed by atoms with Crippen LogP contribution in [0.2, 0.25) is 0 Å². The molecule has 0 saturated heterocycles.